The van der Waals surface area contributed by atoms with Crippen molar-refractivity contribution in [1.82, 2.24) is 14.8 Å². The van der Waals surface area contributed by atoms with Crippen molar-refractivity contribution in [1.29, 1.82) is 0 Å². The minimum atomic E-state index is -0.378. The first-order chi connectivity index (χ1) is 11.4. The van der Waals surface area contributed by atoms with Crippen molar-refractivity contribution in [3.05, 3.63) is 27.9 Å². The Balaban J connectivity index is 1.63. The lowest BCUT2D eigenvalue weighted by Crippen LogP contribution is -2.53. The molecule has 0 atom stereocenters. The minimum Gasteiger partial charge on any atom is -0.339 e. The van der Waals surface area contributed by atoms with Crippen molar-refractivity contribution < 1.29 is 9.59 Å². The van der Waals surface area contributed by atoms with Gasteiger partial charge < -0.3 is 9.80 Å². The molecule has 2 aromatic rings. The number of amides is 2. The lowest BCUT2D eigenvalue weighted by atomic mass is 9.94. The number of hydrogen-bond donors (Lipinski definition) is 0. The van der Waals surface area contributed by atoms with Crippen LogP contribution in [-0.2, 0) is 4.79 Å². The summed E-state index contributed by atoms with van der Waals surface area (Å²) in [4.78, 5) is 33.1. The Bertz CT molecular complexity index is 723. The van der Waals surface area contributed by atoms with Crippen molar-refractivity contribution >= 4 is 34.5 Å². The Kier molecular flexibility index (Phi) is 4.73. The van der Waals surface area contributed by atoms with Crippen molar-refractivity contribution in [2.75, 3.05) is 26.2 Å². The van der Waals surface area contributed by atoms with E-state index in [-0.39, 0.29) is 17.2 Å². The summed E-state index contributed by atoms with van der Waals surface area (Å²) in [7, 11) is 0. The normalized spacial score (nSPS) is 15.6. The van der Waals surface area contributed by atoms with E-state index in [0.717, 1.165) is 10.6 Å². The summed E-state index contributed by atoms with van der Waals surface area (Å²) in [5.41, 5.74) is 1.18. The number of nitrogens with zero attached hydrogens (tertiary/aromatic N) is 3. The van der Waals surface area contributed by atoms with Gasteiger partial charge in [0.05, 0.1) is 0 Å². The van der Waals surface area contributed by atoms with Crippen LogP contribution in [0.15, 0.2) is 22.2 Å². The number of carbonyl (C=O) groups is 2. The van der Waals surface area contributed by atoms with Crippen molar-refractivity contribution in [2.24, 2.45) is 5.41 Å². The highest BCUT2D eigenvalue weighted by Gasteiger charge is 2.31. The molecule has 0 radical (unpaired) electrons. The summed E-state index contributed by atoms with van der Waals surface area (Å²) < 4.78 is 0. The first kappa shape index (κ1) is 17.1. The Hall–Kier alpha value is -1.73. The summed E-state index contributed by atoms with van der Waals surface area (Å²) in [6.07, 6.45) is 0. The van der Waals surface area contributed by atoms with E-state index in [9.17, 15) is 9.59 Å². The third-order valence-electron chi connectivity index (χ3n) is 3.99. The third-order valence-corrected chi connectivity index (χ3v) is 5.56. The van der Waals surface area contributed by atoms with Gasteiger partial charge in [0.25, 0.3) is 5.91 Å². The fourth-order valence-corrected chi connectivity index (χ4v) is 4.15. The fourth-order valence-electron chi connectivity index (χ4n) is 2.64. The molecule has 0 spiro atoms. The highest BCUT2D eigenvalue weighted by molar-refractivity contribution is 7.14. The van der Waals surface area contributed by atoms with Crippen LogP contribution >= 0.6 is 22.7 Å². The molecule has 1 aliphatic heterocycles. The predicted octanol–water partition coefficient (Wildman–Crippen LogP) is 3.20. The second-order valence-corrected chi connectivity index (χ2v) is 8.52. The maximum atomic E-state index is 12.6. The van der Waals surface area contributed by atoms with E-state index in [4.69, 9.17) is 0 Å². The summed E-state index contributed by atoms with van der Waals surface area (Å²) in [5.74, 6) is 0.0959. The highest BCUT2D eigenvalue weighted by atomic mass is 32.1. The van der Waals surface area contributed by atoms with Gasteiger partial charge in [-0.15, -0.1) is 11.3 Å². The maximum Gasteiger partial charge on any atom is 0.273 e. The first-order valence-electron chi connectivity index (χ1n) is 7.93. The molecule has 3 rings (SSSR count). The number of aromatic nitrogens is 1. The molecule has 1 fully saturated rings. The average Bonchev–Trinajstić information content (AvgIpc) is 3.23. The summed E-state index contributed by atoms with van der Waals surface area (Å²) in [5, 5.41) is 6.73. The van der Waals surface area contributed by atoms with Crippen LogP contribution in [0.5, 0.6) is 0 Å². The van der Waals surface area contributed by atoms with E-state index >= 15 is 0 Å². The van der Waals surface area contributed by atoms with Crippen LogP contribution in [0.4, 0.5) is 0 Å². The zero-order valence-corrected chi connectivity index (χ0v) is 15.7. The van der Waals surface area contributed by atoms with Crippen LogP contribution in [-0.4, -0.2) is 52.8 Å². The maximum absolute atomic E-state index is 12.6. The van der Waals surface area contributed by atoms with Gasteiger partial charge in [-0.05, 0) is 11.4 Å². The lowest BCUT2D eigenvalue weighted by Gasteiger charge is -2.37. The van der Waals surface area contributed by atoms with Gasteiger partial charge in [0.1, 0.15) is 10.7 Å². The van der Waals surface area contributed by atoms with Gasteiger partial charge in [-0.1, -0.05) is 20.8 Å². The number of hydrogen-bond acceptors (Lipinski definition) is 5. The number of thiazole rings is 1. The summed E-state index contributed by atoms with van der Waals surface area (Å²) in [6.45, 7) is 8.07. The van der Waals surface area contributed by atoms with Crippen LogP contribution in [0.3, 0.4) is 0 Å². The third kappa shape index (κ3) is 3.52. The van der Waals surface area contributed by atoms with Gasteiger partial charge in [0.2, 0.25) is 5.91 Å². The van der Waals surface area contributed by atoms with E-state index in [2.05, 4.69) is 4.98 Å². The Morgan fingerprint density at radius 2 is 1.75 bits per heavy atom. The topological polar surface area (TPSA) is 53.5 Å². The smallest absolute Gasteiger partial charge is 0.273 e. The molecule has 0 saturated carbocycles. The van der Waals surface area contributed by atoms with Crippen molar-refractivity contribution in [2.45, 2.75) is 20.8 Å². The molecule has 0 aliphatic carbocycles. The molecule has 5 nitrogen and oxygen atoms in total. The molecule has 128 valence electrons. The predicted molar refractivity (Wildman–Crippen MR) is 97.4 cm³/mol. The van der Waals surface area contributed by atoms with Crippen LogP contribution in [0, 0.1) is 5.41 Å². The molecular weight excluding hydrogens is 342 g/mol. The lowest BCUT2D eigenvalue weighted by molar-refractivity contribution is -0.140. The summed E-state index contributed by atoms with van der Waals surface area (Å²) in [6, 6.07) is 2.01. The number of rotatable bonds is 2. The number of thiophene rings is 1. The van der Waals surface area contributed by atoms with E-state index in [1.807, 2.05) is 47.9 Å². The van der Waals surface area contributed by atoms with Gasteiger partial charge >= 0.3 is 0 Å². The Morgan fingerprint density at radius 3 is 2.33 bits per heavy atom. The molecule has 0 N–H and O–H groups in total. The molecule has 0 aromatic carbocycles. The van der Waals surface area contributed by atoms with Crippen molar-refractivity contribution in [3.8, 4) is 10.6 Å². The van der Waals surface area contributed by atoms with Crippen LogP contribution in [0.2, 0.25) is 0 Å². The zero-order chi connectivity index (χ0) is 17.3. The number of carbonyl (C=O) groups excluding carboxylic acids is 2. The van der Waals surface area contributed by atoms with E-state index in [1.54, 1.807) is 16.2 Å². The van der Waals surface area contributed by atoms with E-state index in [0.29, 0.717) is 31.9 Å². The molecule has 2 aromatic heterocycles. The Morgan fingerprint density at radius 1 is 1.08 bits per heavy atom. The van der Waals surface area contributed by atoms with E-state index < -0.39 is 0 Å². The van der Waals surface area contributed by atoms with Gasteiger partial charge in [0, 0.05) is 47.9 Å². The molecule has 1 aliphatic rings. The van der Waals surface area contributed by atoms with E-state index in [1.165, 1.54) is 11.3 Å². The molecule has 3 heterocycles. The monoisotopic (exact) mass is 363 g/mol. The molecule has 2 amide bonds. The second kappa shape index (κ2) is 6.64. The van der Waals surface area contributed by atoms with Crippen LogP contribution < -0.4 is 0 Å². The Labute approximate surface area is 149 Å². The zero-order valence-electron chi connectivity index (χ0n) is 14.1. The average molecular weight is 364 g/mol. The first-order valence-corrected chi connectivity index (χ1v) is 9.75. The van der Waals surface area contributed by atoms with Gasteiger partial charge in [0.15, 0.2) is 0 Å². The molecular formula is C17H21N3O2S2. The second-order valence-electron chi connectivity index (χ2n) is 6.88. The van der Waals surface area contributed by atoms with Gasteiger partial charge in [-0.2, -0.15) is 11.3 Å². The van der Waals surface area contributed by atoms with Crippen molar-refractivity contribution in [3.63, 3.8) is 0 Å². The van der Waals surface area contributed by atoms with Gasteiger partial charge in [-0.25, -0.2) is 4.98 Å². The molecule has 0 unspecified atom stereocenters. The molecule has 0 bridgehead atoms. The fraction of sp³-hybridized carbons (Fsp3) is 0.471. The highest BCUT2D eigenvalue weighted by Crippen LogP contribution is 2.26. The SMILES string of the molecule is CC(C)(C)C(=O)N1CCN(C(=O)c2csc(-c3ccsc3)n2)CC1. The van der Waals surface area contributed by atoms with Crippen LogP contribution in [0.1, 0.15) is 31.3 Å². The quantitative estimate of drug-likeness (QED) is 0.823. The molecule has 1 saturated heterocycles. The number of piperazine rings is 1. The van der Waals surface area contributed by atoms with Crippen LogP contribution in [0.25, 0.3) is 10.6 Å². The summed E-state index contributed by atoms with van der Waals surface area (Å²) >= 11 is 3.11. The molecule has 7 heteroatoms. The largest absolute Gasteiger partial charge is 0.339 e. The molecule has 24 heavy (non-hydrogen) atoms. The van der Waals surface area contributed by atoms with Gasteiger partial charge in [-0.3, -0.25) is 9.59 Å². The standard InChI is InChI=1S/C17H21N3O2S2/c1-17(2,3)16(22)20-7-5-19(6-8-20)15(21)13-11-24-14(18-13)12-4-9-23-10-12/h4,9-11H,5-8H2,1-3H3. The minimum absolute atomic E-state index is 0.0458.